The van der Waals surface area contributed by atoms with Gasteiger partial charge in [-0.1, -0.05) is 37.3 Å². The summed E-state index contributed by atoms with van der Waals surface area (Å²) in [4.78, 5) is 16.3. The lowest BCUT2D eigenvalue weighted by molar-refractivity contribution is 0.201. The molecule has 1 aromatic rings. The van der Waals surface area contributed by atoms with Gasteiger partial charge in [-0.25, -0.2) is 4.79 Å². The zero-order valence-electron chi connectivity index (χ0n) is 13.2. The van der Waals surface area contributed by atoms with Crippen LogP contribution >= 0.6 is 0 Å². The molecular weight excluding hydrogens is 262 g/mol. The van der Waals surface area contributed by atoms with Crippen molar-refractivity contribution in [3.05, 3.63) is 35.9 Å². The first kappa shape index (κ1) is 15.8. The number of benzene rings is 1. The average molecular weight is 289 g/mol. The van der Waals surface area contributed by atoms with Crippen LogP contribution in [0.5, 0.6) is 0 Å². The molecule has 0 spiro atoms. The topological polar surface area (TPSA) is 35.6 Å². The summed E-state index contributed by atoms with van der Waals surface area (Å²) >= 11 is 0. The van der Waals surface area contributed by atoms with Gasteiger partial charge in [-0.3, -0.25) is 4.90 Å². The third kappa shape index (κ3) is 4.74. The predicted octanol–water partition coefficient (Wildman–Crippen LogP) is 2.35. The first-order valence-corrected chi connectivity index (χ1v) is 7.97. The Labute approximate surface area is 128 Å². The van der Waals surface area contributed by atoms with Crippen LogP contribution in [0.2, 0.25) is 0 Å². The van der Waals surface area contributed by atoms with Crippen LogP contribution in [0.25, 0.3) is 0 Å². The molecule has 0 saturated carbocycles. The third-order valence-corrected chi connectivity index (χ3v) is 4.32. The van der Waals surface area contributed by atoms with Crippen molar-refractivity contribution < 1.29 is 4.79 Å². The third-order valence-electron chi connectivity index (χ3n) is 4.32. The summed E-state index contributed by atoms with van der Waals surface area (Å²) in [6.45, 7) is 5.94. The van der Waals surface area contributed by atoms with E-state index in [0.717, 1.165) is 26.1 Å². The number of amides is 2. The summed E-state index contributed by atoms with van der Waals surface area (Å²) in [7, 11) is 1.87. The minimum Gasteiger partial charge on any atom is -0.336 e. The minimum atomic E-state index is 0.0360. The Morgan fingerprint density at radius 2 is 2.14 bits per heavy atom. The van der Waals surface area contributed by atoms with Crippen molar-refractivity contribution in [2.45, 2.75) is 32.2 Å². The average Bonchev–Trinajstić information content (AvgIpc) is 2.98. The van der Waals surface area contributed by atoms with Gasteiger partial charge in [0.2, 0.25) is 0 Å². The van der Waals surface area contributed by atoms with E-state index >= 15 is 0 Å². The number of carbonyl (C=O) groups is 1. The van der Waals surface area contributed by atoms with E-state index < -0.39 is 0 Å². The second-order valence-corrected chi connectivity index (χ2v) is 5.77. The van der Waals surface area contributed by atoms with E-state index in [0.29, 0.717) is 6.04 Å². The molecule has 1 saturated heterocycles. The number of likely N-dealkylation sites (tertiary alicyclic amines) is 1. The van der Waals surface area contributed by atoms with Crippen LogP contribution in [0.4, 0.5) is 4.79 Å². The van der Waals surface area contributed by atoms with Gasteiger partial charge in [0.15, 0.2) is 0 Å². The summed E-state index contributed by atoms with van der Waals surface area (Å²) in [6, 6.07) is 10.8. The van der Waals surface area contributed by atoms with Crippen molar-refractivity contribution >= 4 is 6.03 Å². The summed E-state index contributed by atoms with van der Waals surface area (Å²) in [6.07, 6.45) is 3.34. The molecule has 0 bridgehead atoms. The van der Waals surface area contributed by atoms with Crippen LogP contribution in [0.1, 0.15) is 25.3 Å². The largest absolute Gasteiger partial charge is 0.336 e. The van der Waals surface area contributed by atoms with E-state index in [4.69, 9.17) is 0 Å². The van der Waals surface area contributed by atoms with Gasteiger partial charge in [0, 0.05) is 26.2 Å². The predicted molar refractivity (Wildman–Crippen MR) is 86.4 cm³/mol. The highest BCUT2D eigenvalue weighted by Gasteiger charge is 2.23. The van der Waals surface area contributed by atoms with Crippen LogP contribution in [-0.4, -0.2) is 55.1 Å². The van der Waals surface area contributed by atoms with Crippen molar-refractivity contribution in [1.29, 1.82) is 0 Å². The van der Waals surface area contributed by atoms with Gasteiger partial charge in [0.1, 0.15) is 0 Å². The number of nitrogens with one attached hydrogen (secondary N) is 1. The monoisotopic (exact) mass is 289 g/mol. The number of hydrogen-bond acceptors (Lipinski definition) is 2. The highest BCUT2D eigenvalue weighted by atomic mass is 16.2. The molecule has 116 valence electrons. The fraction of sp³-hybridized carbons (Fsp3) is 0.588. The van der Waals surface area contributed by atoms with Gasteiger partial charge in [0.25, 0.3) is 0 Å². The number of rotatable bonds is 6. The molecule has 1 heterocycles. The quantitative estimate of drug-likeness (QED) is 0.872. The van der Waals surface area contributed by atoms with E-state index in [1.807, 2.05) is 25.2 Å². The molecule has 21 heavy (non-hydrogen) atoms. The summed E-state index contributed by atoms with van der Waals surface area (Å²) < 4.78 is 0. The van der Waals surface area contributed by atoms with E-state index in [2.05, 4.69) is 29.3 Å². The van der Waals surface area contributed by atoms with Crippen LogP contribution in [0.3, 0.4) is 0 Å². The zero-order chi connectivity index (χ0) is 15.1. The second-order valence-electron chi connectivity index (χ2n) is 5.77. The first-order valence-electron chi connectivity index (χ1n) is 7.97. The highest BCUT2D eigenvalue weighted by Crippen LogP contribution is 2.15. The maximum Gasteiger partial charge on any atom is 0.317 e. The molecule has 1 aliphatic rings. The lowest BCUT2D eigenvalue weighted by atomic mass is 10.1. The summed E-state index contributed by atoms with van der Waals surface area (Å²) in [5.74, 6) is 0. The molecule has 4 heteroatoms. The SMILES string of the molecule is CCN1CCC[C@H]1CNC(=O)N(C)CCc1ccccc1. The molecule has 1 aromatic carbocycles. The molecule has 0 aromatic heterocycles. The minimum absolute atomic E-state index is 0.0360. The van der Waals surface area contributed by atoms with E-state index in [-0.39, 0.29) is 6.03 Å². The standard InChI is InChI=1S/C17H27N3O/c1-3-20-12-7-10-16(20)14-18-17(21)19(2)13-11-15-8-5-4-6-9-15/h4-6,8-9,16H,3,7,10-14H2,1-2H3,(H,18,21)/t16-/m0/s1. The van der Waals surface area contributed by atoms with Gasteiger partial charge >= 0.3 is 6.03 Å². The summed E-state index contributed by atoms with van der Waals surface area (Å²) in [5, 5.41) is 3.07. The Morgan fingerprint density at radius 3 is 2.86 bits per heavy atom. The number of carbonyl (C=O) groups excluding carboxylic acids is 1. The molecule has 1 N–H and O–H groups in total. The summed E-state index contributed by atoms with van der Waals surface area (Å²) in [5.41, 5.74) is 1.27. The van der Waals surface area contributed by atoms with Crippen LogP contribution in [-0.2, 0) is 6.42 Å². The Balaban J connectivity index is 1.70. The molecule has 2 amide bonds. The number of nitrogens with zero attached hydrogens (tertiary/aromatic N) is 2. The smallest absolute Gasteiger partial charge is 0.317 e. The van der Waals surface area contributed by atoms with Crippen LogP contribution < -0.4 is 5.32 Å². The lowest BCUT2D eigenvalue weighted by Gasteiger charge is -2.24. The lowest BCUT2D eigenvalue weighted by Crippen LogP contribution is -2.45. The maximum atomic E-state index is 12.1. The Morgan fingerprint density at radius 1 is 1.38 bits per heavy atom. The van der Waals surface area contributed by atoms with Crippen LogP contribution in [0, 0.1) is 0 Å². The molecule has 1 aliphatic heterocycles. The molecule has 1 fully saturated rings. The number of hydrogen-bond donors (Lipinski definition) is 1. The highest BCUT2D eigenvalue weighted by molar-refractivity contribution is 5.73. The van der Waals surface area contributed by atoms with Gasteiger partial charge in [-0.15, -0.1) is 0 Å². The Hall–Kier alpha value is -1.55. The van der Waals surface area contributed by atoms with Gasteiger partial charge < -0.3 is 10.2 Å². The van der Waals surface area contributed by atoms with E-state index in [1.165, 1.54) is 24.9 Å². The maximum absolute atomic E-state index is 12.1. The number of urea groups is 1. The molecule has 0 aliphatic carbocycles. The van der Waals surface area contributed by atoms with E-state index in [1.54, 1.807) is 4.90 Å². The van der Waals surface area contributed by atoms with Crippen molar-refractivity contribution in [2.75, 3.05) is 33.2 Å². The fourth-order valence-electron chi connectivity index (χ4n) is 2.93. The van der Waals surface area contributed by atoms with Crippen molar-refractivity contribution in [3.63, 3.8) is 0 Å². The normalized spacial score (nSPS) is 18.7. The zero-order valence-corrected chi connectivity index (χ0v) is 13.2. The van der Waals surface area contributed by atoms with E-state index in [9.17, 15) is 4.79 Å². The molecule has 2 rings (SSSR count). The van der Waals surface area contributed by atoms with Crippen molar-refractivity contribution in [2.24, 2.45) is 0 Å². The molecule has 0 radical (unpaired) electrons. The van der Waals surface area contributed by atoms with Gasteiger partial charge in [-0.05, 0) is 37.9 Å². The Kier molecular flexibility index (Phi) is 6.05. The number of likely N-dealkylation sites (N-methyl/N-ethyl adjacent to an activating group) is 2. The van der Waals surface area contributed by atoms with Crippen LogP contribution in [0.15, 0.2) is 30.3 Å². The second kappa shape index (κ2) is 8.03. The molecule has 1 atom stereocenters. The van der Waals surface area contributed by atoms with Crippen molar-refractivity contribution in [1.82, 2.24) is 15.1 Å². The van der Waals surface area contributed by atoms with Gasteiger partial charge in [0.05, 0.1) is 0 Å². The molecule has 4 nitrogen and oxygen atoms in total. The Bertz CT molecular complexity index is 435. The molecule has 0 unspecified atom stereocenters. The van der Waals surface area contributed by atoms with Crippen molar-refractivity contribution in [3.8, 4) is 0 Å². The first-order chi connectivity index (χ1) is 10.2. The fourth-order valence-corrected chi connectivity index (χ4v) is 2.93. The van der Waals surface area contributed by atoms with Gasteiger partial charge in [-0.2, -0.15) is 0 Å². The molecular formula is C17H27N3O.